The third kappa shape index (κ3) is 1.18. The first-order valence-corrected chi connectivity index (χ1v) is 4.71. The monoisotopic (exact) mass is 182 g/mol. The third-order valence-corrected chi connectivity index (χ3v) is 3.07. The van der Waals surface area contributed by atoms with Crippen molar-refractivity contribution in [1.29, 1.82) is 0 Å². The van der Waals surface area contributed by atoms with E-state index in [1.165, 1.54) is 30.4 Å². The van der Waals surface area contributed by atoms with E-state index in [1.54, 1.807) is 0 Å². The summed E-state index contributed by atoms with van der Waals surface area (Å²) >= 11 is 8.80. The van der Waals surface area contributed by atoms with Crippen LogP contribution in [0.2, 0.25) is 0 Å². The van der Waals surface area contributed by atoms with Gasteiger partial charge < -0.3 is 0 Å². The molecule has 1 aromatic carbocycles. The second-order valence-corrected chi connectivity index (χ2v) is 3.88. The molecule has 0 aromatic heterocycles. The minimum absolute atomic E-state index is 1.13. The normalized spacial score (nSPS) is 15.1. The quantitative estimate of drug-likeness (QED) is 0.566. The van der Waals surface area contributed by atoms with Gasteiger partial charge in [0.1, 0.15) is 0 Å². The summed E-state index contributed by atoms with van der Waals surface area (Å²) in [5.74, 6) is 0. The zero-order chi connectivity index (χ0) is 7.84. The van der Waals surface area contributed by atoms with E-state index < -0.39 is 0 Å². The van der Waals surface area contributed by atoms with Gasteiger partial charge in [-0.3, -0.25) is 0 Å². The number of fused-ring (bicyclic) bond motifs is 1. The van der Waals surface area contributed by atoms with Crippen LogP contribution in [0.4, 0.5) is 0 Å². The van der Waals surface area contributed by atoms with Crippen LogP contribution in [0.25, 0.3) is 0 Å². The highest BCUT2D eigenvalue weighted by Crippen LogP contribution is 2.31. The Hall–Kier alpha value is -0.0800. The maximum absolute atomic E-state index is 4.40. The van der Waals surface area contributed by atoms with E-state index in [0.717, 1.165) is 9.79 Å². The molecule has 0 fully saturated rings. The van der Waals surface area contributed by atoms with Crippen LogP contribution in [0, 0.1) is 0 Å². The first-order chi connectivity index (χ1) is 5.29. The van der Waals surface area contributed by atoms with Gasteiger partial charge in [0.05, 0.1) is 0 Å². The van der Waals surface area contributed by atoms with Gasteiger partial charge in [0.15, 0.2) is 0 Å². The van der Waals surface area contributed by atoms with Gasteiger partial charge in [-0.25, -0.2) is 0 Å². The molecule has 2 heteroatoms. The molecule has 0 saturated heterocycles. The molecule has 0 N–H and O–H groups in total. The molecule has 0 spiro atoms. The Kier molecular flexibility index (Phi) is 1.90. The van der Waals surface area contributed by atoms with Crippen molar-refractivity contribution >= 4 is 25.3 Å². The zero-order valence-corrected chi connectivity index (χ0v) is 7.96. The van der Waals surface area contributed by atoms with Crippen LogP contribution in [-0.2, 0) is 12.8 Å². The molecule has 2 rings (SSSR count). The fourth-order valence-corrected chi connectivity index (χ4v) is 2.31. The van der Waals surface area contributed by atoms with Crippen molar-refractivity contribution in [2.75, 3.05) is 0 Å². The summed E-state index contributed by atoms with van der Waals surface area (Å²) in [5, 5.41) is 0. The molecule has 0 bridgehead atoms. The first-order valence-electron chi connectivity index (χ1n) is 3.82. The first kappa shape index (κ1) is 7.56. The molecule has 1 aliphatic rings. The summed E-state index contributed by atoms with van der Waals surface area (Å²) in [7, 11) is 0. The van der Waals surface area contributed by atoms with Crippen molar-refractivity contribution in [3.63, 3.8) is 0 Å². The van der Waals surface area contributed by atoms with Gasteiger partial charge in [-0.2, -0.15) is 0 Å². The molecule has 0 nitrogen and oxygen atoms in total. The minimum Gasteiger partial charge on any atom is -0.143 e. The second kappa shape index (κ2) is 2.76. The summed E-state index contributed by atoms with van der Waals surface area (Å²) in [6.45, 7) is 0. The highest BCUT2D eigenvalue weighted by Gasteiger charge is 2.15. The predicted molar refractivity (Wildman–Crippen MR) is 53.0 cm³/mol. The van der Waals surface area contributed by atoms with Gasteiger partial charge in [0.25, 0.3) is 0 Å². The van der Waals surface area contributed by atoms with Gasteiger partial charge in [-0.1, -0.05) is 0 Å². The van der Waals surface area contributed by atoms with Gasteiger partial charge in [0, 0.05) is 9.79 Å². The molecule has 11 heavy (non-hydrogen) atoms. The van der Waals surface area contributed by atoms with Crippen LogP contribution < -0.4 is 0 Å². The summed E-state index contributed by atoms with van der Waals surface area (Å²) in [6.07, 6.45) is 3.63. The lowest BCUT2D eigenvalue weighted by atomic mass is 10.1. The lowest BCUT2D eigenvalue weighted by molar-refractivity contribution is 0.902. The topological polar surface area (TPSA) is 0 Å². The number of rotatable bonds is 0. The second-order valence-electron chi connectivity index (χ2n) is 2.91. The molecule has 0 unspecified atom stereocenters. The molecule has 0 heterocycles. The maximum Gasteiger partial charge on any atom is 0.00755 e. The van der Waals surface area contributed by atoms with Crippen molar-refractivity contribution < 1.29 is 0 Å². The minimum atomic E-state index is 1.13. The Morgan fingerprint density at radius 2 is 1.36 bits per heavy atom. The van der Waals surface area contributed by atoms with Crippen LogP contribution in [0.3, 0.4) is 0 Å². The van der Waals surface area contributed by atoms with Crippen molar-refractivity contribution in [2.24, 2.45) is 0 Å². The Morgan fingerprint density at radius 1 is 0.909 bits per heavy atom. The zero-order valence-electron chi connectivity index (χ0n) is 6.17. The fraction of sp³-hybridized carbons (Fsp3) is 0.333. The van der Waals surface area contributed by atoms with E-state index in [4.69, 9.17) is 0 Å². The molecular formula is C9H10S2. The molecular weight excluding hydrogens is 172 g/mol. The van der Waals surface area contributed by atoms with Crippen LogP contribution in [0.5, 0.6) is 0 Å². The van der Waals surface area contributed by atoms with Crippen molar-refractivity contribution in [3.8, 4) is 0 Å². The SMILES string of the molecule is Sc1ccc(S)c2c1CCC2. The van der Waals surface area contributed by atoms with E-state index in [2.05, 4.69) is 25.3 Å². The molecule has 0 aliphatic heterocycles. The Morgan fingerprint density at radius 3 is 1.82 bits per heavy atom. The average Bonchev–Trinajstić information content (AvgIpc) is 2.45. The number of thiol groups is 2. The maximum atomic E-state index is 4.40. The van der Waals surface area contributed by atoms with Crippen molar-refractivity contribution in [1.82, 2.24) is 0 Å². The molecule has 0 saturated carbocycles. The smallest absolute Gasteiger partial charge is 0.00755 e. The Labute approximate surface area is 77.8 Å². The van der Waals surface area contributed by atoms with E-state index in [-0.39, 0.29) is 0 Å². The number of hydrogen-bond acceptors (Lipinski definition) is 2. The van der Waals surface area contributed by atoms with E-state index >= 15 is 0 Å². The van der Waals surface area contributed by atoms with Gasteiger partial charge in [0.2, 0.25) is 0 Å². The molecule has 1 aromatic rings. The van der Waals surface area contributed by atoms with Crippen LogP contribution in [0.1, 0.15) is 17.5 Å². The summed E-state index contributed by atoms with van der Waals surface area (Å²) in [4.78, 5) is 2.27. The van der Waals surface area contributed by atoms with Crippen molar-refractivity contribution in [3.05, 3.63) is 23.3 Å². The van der Waals surface area contributed by atoms with Crippen LogP contribution in [-0.4, -0.2) is 0 Å². The highest BCUT2D eigenvalue weighted by atomic mass is 32.1. The molecule has 0 amide bonds. The predicted octanol–water partition coefficient (Wildman–Crippen LogP) is 2.75. The average molecular weight is 182 g/mol. The summed E-state index contributed by atoms with van der Waals surface area (Å²) in [5.41, 5.74) is 2.83. The van der Waals surface area contributed by atoms with Crippen molar-refractivity contribution in [2.45, 2.75) is 29.1 Å². The molecule has 0 atom stereocenters. The van der Waals surface area contributed by atoms with E-state index in [1.807, 2.05) is 12.1 Å². The standard InChI is InChI=1S/C9H10S2/c10-8-4-5-9(11)7-3-1-2-6(7)8/h4-5,10-11H,1-3H2. The molecule has 0 radical (unpaired) electrons. The number of benzene rings is 1. The van der Waals surface area contributed by atoms with Crippen LogP contribution in [0.15, 0.2) is 21.9 Å². The largest absolute Gasteiger partial charge is 0.143 e. The van der Waals surface area contributed by atoms with Gasteiger partial charge >= 0.3 is 0 Å². The summed E-state index contributed by atoms with van der Waals surface area (Å²) < 4.78 is 0. The van der Waals surface area contributed by atoms with Gasteiger partial charge in [-0.05, 0) is 42.5 Å². The summed E-state index contributed by atoms with van der Waals surface area (Å²) in [6, 6.07) is 4.07. The highest BCUT2D eigenvalue weighted by molar-refractivity contribution is 7.80. The number of hydrogen-bond donors (Lipinski definition) is 2. The lowest BCUT2D eigenvalue weighted by Crippen LogP contribution is -1.85. The molecule has 1 aliphatic carbocycles. The van der Waals surface area contributed by atoms with E-state index in [0.29, 0.717) is 0 Å². The lowest BCUT2D eigenvalue weighted by Gasteiger charge is -2.04. The fourth-order valence-electron chi connectivity index (χ4n) is 1.67. The van der Waals surface area contributed by atoms with Crippen LogP contribution >= 0.6 is 25.3 Å². The molecule has 58 valence electrons. The Balaban J connectivity index is 2.64. The van der Waals surface area contributed by atoms with Gasteiger partial charge in [-0.15, -0.1) is 25.3 Å². The third-order valence-electron chi connectivity index (χ3n) is 2.24. The van der Waals surface area contributed by atoms with E-state index in [9.17, 15) is 0 Å². The Bertz CT molecular complexity index is 263.